The molecule has 0 aliphatic carbocycles. The van der Waals surface area contributed by atoms with Crippen LogP contribution in [0.2, 0.25) is 0 Å². The Morgan fingerprint density at radius 3 is 2.61 bits per heavy atom. The highest BCUT2D eigenvalue weighted by Gasteiger charge is 2.53. The molecule has 3 saturated heterocycles. The van der Waals surface area contributed by atoms with Crippen LogP contribution in [0.3, 0.4) is 0 Å². The Hall–Kier alpha value is -0.720. The predicted molar refractivity (Wildman–Crippen MR) is 88.1 cm³/mol. The molecule has 3 fully saturated rings. The molecule has 130 valence electrons. The molecule has 0 aromatic heterocycles. The maximum atomic E-state index is 6.15. The fraction of sp³-hybridized carbons (Fsp3) is 0.778. The number of rotatable bonds is 4. The maximum absolute atomic E-state index is 6.15. The van der Waals surface area contributed by atoms with Crippen molar-refractivity contribution in [3.63, 3.8) is 0 Å². The van der Waals surface area contributed by atoms with Crippen molar-refractivity contribution in [2.45, 2.75) is 69.7 Å². The monoisotopic (exact) mass is 323 g/mol. The minimum atomic E-state index is -0.175. The number of hydrogen-bond acceptors (Lipinski definition) is 5. The second-order valence-electron chi connectivity index (χ2n) is 7.67. The van der Waals surface area contributed by atoms with Gasteiger partial charge >= 0.3 is 0 Å². The van der Waals surface area contributed by atoms with Crippen molar-refractivity contribution < 1.29 is 18.9 Å². The van der Waals surface area contributed by atoms with Crippen LogP contribution in [0.1, 0.15) is 40.0 Å². The van der Waals surface area contributed by atoms with Gasteiger partial charge in [-0.3, -0.25) is 0 Å². The van der Waals surface area contributed by atoms with Gasteiger partial charge in [-0.25, -0.2) is 0 Å². The van der Waals surface area contributed by atoms with Gasteiger partial charge < -0.3 is 24.7 Å². The lowest BCUT2D eigenvalue weighted by Gasteiger charge is -2.38. The molecule has 3 rings (SSSR count). The number of hydrogen-bond donors (Lipinski definition) is 1. The van der Waals surface area contributed by atoms with Crippen molar-refractivity contribution in [3.8, 4) is 0 Å². The highest BCUT2D eigenvalue weighted by Crippen LogP contribution is 2.46. The van der Waals surface area contributed by atoms with Gasteiger partial charge in [-0.1, -0.05) is 23.8 Å². The second kappa shape index (κ2) is 6.65. The van der Waals surface area contributed by atoms with Gasteiger partial charge in [0.25, 0.3) is 0 Å². The van der Waals surface area contributed by atoms with Crippen molar-refractivity contribution in [2.75, 3.05) is 19.8 Å². The minimum absolute atomic E-state index is 0.00000863. The molecule has 5 nitrogen and oxygen atoms in total. The fourth-order valence-corrected chi connectivity index (χ4v) is 3.44. The van der Waals surface area contributed by atoms with Crippen LogP contribution in [-0.4, -0.2) is 49.5 Å². The Morgan fingerprint density at radius 1 is 1.26 bits per heavy atom. The van der Waals surface area contributed by atoms with Crippen molar-refractivity contribution in [1.29, 1.82) is 0 Å². The third kappa shape index (κ3) is 4.88. The average molecular weight is 323 g/mol. The summed E-state index contributed by atoms with van der Waals surface area (Å²) in [7, 11) is 0. The molecule has 3 aliphatic rings. The van der Waals surface area contributed by atoms with Crippen molar-refractivity contribution >= 4 is 0 Å². The molecule has 0 unspecified atom stereocenters. The zero-order valence-electron chi connectivity index (χ0n) is 14.4. The Bertz CT molecular complexity index is 467. The van der Waals surface area contributed by atoms with Crippen molar-refractivity contribution in [3.05, 3.63) is 23.8 Å². The molecule has 0 aromatic carbocycles. The van der Waals surface area contributed by atoms with E-state index in [1.807, 2.05) is 0 Å². The highest BCUT2D eigenvalue weighted by atomic mass is 16.7. The molecule has 0 radical (unpaired) electrons. The van der Waals surface area contributed by atoms with Gasteiger partial charge in [0.1, 0.15) is 0 Å². The summed E-state index contributed by atoms with van der Waals surface area (Å²) in [6.45, 7) is 8.38. The molecule has 2 N–H and O–H groups in total. The Balaban J connectivity index is 1.49. The van der Waals surface area contributed by atoms with E-state index in [1.54, 1.807) is 0 Å². The largest absolute Gasteiger partial charge is 0.369 e. The number of ether oxygens (including phenoxy) is 4. The van der Waals surface area contributed by atoms with E-state index in [2.05, 4.69) is 39.0 Å². The van der Waals surface area contributed by atoms with Crippen LogP contribution in [0.15, 0.2) is 23.8 Å². The van der Waals surface area contributed by atoms with Crippen LogP contribution in [0, 0.1) is 0 Å². The number of nitrogens with two attached hydrogens (primary N) is 1. The molecular formula is C18H29NO4. The molecule has 3 heterocycles. The number of allylic oxidation sites excluding steroid dienone is 2. The van der Waals surface area contributed by atoms with Gasteiger partial charge in [-0.15, -0.1) is 0 Å². The zero-order chi connectivity index (χ0) is 16.5. The molecule has 0 saturated carbocycles. The Morgan fingerprint density at radius 2 is 1.96 bits per heavy atom. The summed E-state index contributed by atoms with van der Waals surface area (Å²) in [5, 5.41) is 0. The van der Waals surface area contributed by atoms with E-state index in [4.69, 9.17) is 24.7 Å². The molecule has 1 spiro atoms. The van der Waals surface area contributed by atoms with Crippen molar-refractivity contribution in [1.82, 2.24) is 0 Å². The molecular weight excluding hydrogens is 294 g/mol. The summed E-state index contributed by atoms with van der Waals surface area (Å²) in [5.74, 6) is 0. The van der Waals surface area contributed by atoms with E-state index in [9.17, 15) is 0 Å². The normalized spacial score (nSPS) is 40.7. The third-order valence-corrected chi connectivity index (χ3v) is 4.54. The topological polar surface area (TPSA) is 66.2 Å². The molecule has 0 aromatic rings. The first-order valence-electron chi connectivity index (χ1n) is 8.51. The van der Waals surface area contributed by atoms with Crippen LogP contribution in [0.4, 0.5) is 0 Å². The lowest BCUT2D eigenvalue weighted by molar-refractivity contribution is -0.182. The summed E-state index contributed by atoms with van der Waals surface area (Å²) >= 11 is 0. The van der Waals surface area contributed by atoms with E-state index < -0.39 is 0 Å². The van der Waals surface area contributed by atoms with E-state index in [-0.39, 0.29) is 29.6 Å². The van der Waals surface area contributed by atoms with Crippen LogP contribution >= 0.6 is 0 Å². The van der Waals surface area contributed by atoms with Crippen LogP contribution in [0.25, 0.3) is 0 Å². The third-order valence-electron chi connectivity index (χ3n) is 4.54. The smallest absolute Gasteiger partial charge is 0.161 e. The summed E-state index contributed by atoms with van der Waals surface area (Å²) in [4.78, 5) is 0. The van der Waals surface area contributed by atoms with Crippen LogP contribution < -0.4 is 5.73 Å². The highest BCUT2D eigenvalue weighted by molar-refractivity contribution is 5.19. The minimum Gasteiger partial charge on any atom is -0.369 e. The van der Waals surface area contributed by atoms with E-state index in [0.717, 1.165) is 25.9 Å². The summed E-state index contributed by atoms with van der Waals surface area (Å²) < 4.78 is 22.9. The molecule has 23 heavy (non-hydrogen) atoms. The van der Waals surface area contributed by atoms with Gasteiger partial charge in [0.2, 0.25) is 0 Å². The molecule has 0 bridgehead atoms. The Labute approximate surface area is 138 Å². The van der Waals surface area contributed by atoms with Crippen LogP contribution in [0.5, 0.6) is 0 Å². The van der Waals surface area contributed by atoms with Gasteiger partial charge in [0, 0.05) is 19.3 Å². The fourth-order valence-electron chi connectivity index (χ4n) is 3.44. The predicted octanol–water partition coefficient (Wildman–Crippen LogP) is 2.31. The molecule has 3 aliphatic heterocycles. The van der Waals surface area contributed by atoms with Gasteiger partial charge in [-0.05, 0) is 20.8 Å². The first-order valence-corrected chi connectivity index (χ1v) is 8.51. The lowest BCUT2D eigenvalue weighted by Crippen LogP contribution is -2.43. The first-order chi connectivity index (χ1) is 10.9. The van der Waals surface area contributed by atoms with E-state index in [0.29, 0.717) is 13.2 Å². The maximum Gasteiger partial charge on any atom is 0.161 e. The number of epoxide rings is 1. The standard InChI is InChI=1S/C18H29NO4/c1-13(5-7-16-20-9-14(19)10-21-16)4-6-15-8-18(12-22-18)11-17(2,3)23-15/h4-6,14-16H,7-12,19H2,1-3H3/b6-4+,13-5+/t14?,15-,16?,18-/m1/s1. The van der Waals surface area contributed by atoms with Crippen LogP contribution in [-0.2, 0) is 18.9 Å². The lowest BCUT2D eigenvalue weighted by atomic mass is 9.85. The van der Waals surface area contributed by atoms with E-state index >= 15 is 0 Å². The summed E-state index contributed by atoms with van der Waals surface area (Å²) in [6, 6.07) is -0.00000863. The summed E-state index contributed by atoms with van der Waals surface area (Å²) in [6.07, 6.45) is 9.02. The molecule has 5 heteroatoms. The average Bonchev–Trinajstić information content (AvgIpc) is 3.21. The van der Waals surface area contributed by atoms with Gasteiger partial charge in [-0.2, -0.15) is 0 Å². The van der Waals surface area contributed by atoms with Crippen molar-refractivity contribution in [2.24, 2.45) is 5.73 Å². The zero-order valence-corrected chi connectivity index (χ0v) is 14.4. The SMILES string of the molecule is CC(/C=C/[C@@H]1C[C@]2(CO2)CC(C)(C)O1)=C\CC1OCC(N)CO1. The van der Waals surface area contributed by atoms with Gasteiger partial charge in [0.05, 0.1) is 43.2 Å². The van der Waals surface area contributed by atoms with Gasteiger partial charge in [0.15, 0.2) is 6.29 Å². The summed E-state index contributed by atoms with van der Waals surface area (Å²) in [5.41, 5.74) is 6.86. The first kappa shape index (κ1) is 17.1. The molecule has 0 amide bonds. The molecule has 2 atom stereocenters. The Kier molecular flexibility index (Phi) is 4.95. The quantitative estimate of drug-likeness (QED) is 0.635. The second-order valence-corrected chi connectivity index (χ2v) is 7.67. The van der Waals surface area contributed by atoms with E-state index in [1.165, 1.54) is 5.57 Å².